The van der Waals surface area contributed by atoms with Crippen LogP contribution in [0.1, 0.15) is 28.6 Å². The molecule has 3 rings (SSSR count). The highest BCUT2D eigenvalue weighted by molar-refractivity contribution is 7.98. The molecule has 7 nitrogen and oxygen atoms in total. The fourth-order valence-electron chi connectivity index (χ4n) is 3.32. The van der Waals surface area contributed by atoms with Crippen molar-refractivity contribution in [2.45, 2.75) is 25.4 Å². The fraction of sp³-hybridized carbons (Fsp3) is 0.381. The van der Waals surface area contributed by atoms with Crippen molar-refractivity contribution in [3.63, 3.8) is 0 Å². The minimum atomic E-state index is -1.08. The van der Waals surface area contributed by atoms with Crippen molar-refractivity contribution in [3.05, 3.63) is 46.2 Å². The Morgan fingerprint density at radius 1 is 1.27 bits per heavy atom. The summed E-state index contributed by atoms with van der Waals surface area (Å²) < 4.78 is 0. The highest BCUT2D eigenvalue weighted by Crippen LogP contribution is 2.31. The molecular formula is C21H25N3O4S2. The number of thiophene rings is 1. The van der Waals surface area contributed by atoms with Gasteiger partial charge in [-0.05, 0) is 61.2 Å². The number of carbonyl (C=O) groups is 3. The third-order valence-corrected chi connectivity index (χ3v) is 6.49. The molecule has 3 N–H and O–H groups in total. The van der Waals surface area contributed by atoms with E-state index in [1.54, 1.807) is 30.0 Å². The van der Waals surface area contributed by atoms with Gasteiger partial charge >= 0.3 is 11.8 Å². The van der Waals surface area contributed by atoms with Crippen molar-refractivity contribution in [1.82, 2.24) is 5.32 Å². The third kappa shape index (κ3) is 5.41. The summed E-state index contributed by atoms with van der Waals surface area (Å²) in [7, 11) is 0. The Morgan fingerprint density at radius 2 is 2.07 bits per heavy atom. The lowest BCUT2D eigenvalue weighted by Gasteiger charge is -2.29. The lowest BCUT2D eigenvalue weighted by atomic mass is 10.0. The van der Waals surface area contributed by atoms with Gasteiger partial charge in [-0.25, -0.2) is 0 Å². The molecule has 0 saturated heterocycles. The summed E-state index contributed by atoms with van der Waals surface area (Å²) in [5.41, 5.74) is 1.19. The van der Waals surface area contributed by atoms with E-state index in [9.17, 15) is 19.5 Å². The number of nitrogens with one attached hydrogen (secondary N) is 2. The van der Waals surface area contributed by atoms with Gasteiger partial charge < -0.3 is 20.6 Å². The fourth-order valence-corrected chi connectivity index (χ4v) is 4.72. The molecule has 0 bridgehead atoms. The molecule has 2 heterocycles. The molecule has 0 spiro atoms. The van der Waals surface area contributed by atoms with Crippen molar-refractivity contribution in [2.24, 2.45) is 0 Å². The van der Waals surface area contributed by atoms with Crippen LogP contribution in [-0.4, -0.2) is 53.5 Å². The van der Waals surface area contributed by atoms with Crippen molar-refractivity contribution in [2.75, 3.05) is 35.3 Å². The second kappa shape index (κ2) is 9.63. The highest BCUT2D eigenvalue weighted by atomic mass is 32.2. The molecule has 0 radical (unpaired) electrons. The number of fused-ring (bicyclic) bond motifs is 1. The Bertz CT molecular complexity index is 928. The Hall–Kier alpha value is -2.36. The van der Waals surface area contributed by atoms with Crippen molar-refractivity contribution >= 4 is 52.2 Å². The second-order valence-electron chi connectivity index (χ2n) is 7.45. The van der Waals surface area contributed by atoms with Crippen LogP contribution in [0.4, 0.5) is 11.4 Å². The summed E-state index contributed by atoms with van der Waals surface area (Å²) in [4.78, 5) is 39.5. The number of rotatable bonds is 6. The number of aliphatic hydroxyl groups is 1. The number of nitrogens with zero attached hydrogens (tertiary/aromatic N) is 1. The van der Waals surface area contributed by atoms with Crippen LogP contribution in [-0.2, 0) is 16.0 Å². The van der Waals surface area contributed by atoms with E-state index in [-0.39, 0.29) is 12.5 Å². The molecule has 2 aromatic rings. The summed E-state index contributed by atoms with van der Waals surface area (Å²) >= 11 is 2.87. The minimum absolute atomic E-state index is 0.00985. The van der Waals surface area contributed by atoms with Crippen LogP contribution < -0.4 is 15.5 Å². The Kier molecular flexibility index (Phi) is 7.17. The van der Waals surface area contributed by atoms with E-state index in [0.29, 0.717) is 22.9 Å². The van der Waals surface area contributed by atoms with Gasteiger partial charge in [0.1, 0.15) is 0 Å². The van der Waals surface area contributed by atoms with Gasteiger partial charge in [0.25, 0.3) is 5.91 Å². The van der Waals surface area contributed by atoms with Crippen molar-refractivity contribution in [3.8, 4) is 0 Å². The average molecular weight is 448 g/mol. The Labute approximate surface area is 183 Å². The molecule has 1 aromatic carbocycles. The number of anilines is 2. The van der Waals surface area contributed by atoms with E-state index < -0.39 is 17.4 Å². The smallest absolute Gasteiger partial charge is 0.313 e. The molecule has 1 aliphatic heterocycles. The zero-order valence-corrected chi connectivity index (χ0v) is 18.6. The Morgan fingerprint density at radius 3 is 2.77 bits per heavy atom. The quantitative estimate of drug-likeness (QED) is 0.591. The van der Waals surface area contributed by atoms with Gasteiger partial charge in [0.15, 0.2) is 0 Å². The molecule has 0 fully saturated rings. The van der Waals surface area contributed by atoms with Crippen LogP contribution in [0.5, 0.6) is 0 Å². The lowest BCUT2D eigenvalue weighted by molar-refractivity contribution is -0.136. The van der Waals surface area contributed by atoms with Crippen LogP contribution in [0.25, 0.3) is 0 Å². The number of thioether (sulfide) groups is 1. The van der Waals surface area contributed by atoms with E-state index in [0.717, 1.165) is 24.1 Å². The van der Waals surface area contributed by atoms with Gasteiger partial charge in [-0.15, -0.1) is 11.3 Å². The van der Waals surface area contributed by atoms with Crippen LogP contribution in [0.2, 0.25) is 0 Å². The zero-order valence-electron chi connectivity index (χ0n) is 16.9. The van der Waals surface area contributed by atoms with E-state index in [1.165, 1.54) is 23.1 Å². The number of amides is 3. The minimum Gasteiger partial charge on any atom is -0.387 e. The topological polar surface area (TPSA) is 98.7 Å². The first kappa shape index (κ1) is 22.3. The third-order valence-electron chi connectivity index (χ3n) is 4.72. The maximum absolute atomic E-state index is 12.8. The van der Waals surface area contributed by atoms with Gasteiger partial charge in [-0.2, -0.15) is 11.8 Å². The molecule has 30 heavy (non-hydrogen) atoms. The van der Waals surface area contributed by atoms with Crippen LogP contribution in [0.15, 0.2) is 35.7 Å². The first-order valence-corrected chi connectivity index (χ1v) is 11.9. The van der Waals surface area contributed by atoms with Gasteiger partial charge in [0.2, 0.25) is 0 Å². The van der Waals surface area contributed by atoms with Crippen LogP contribution in [0.3, 0.4) is 0 Å². The largest absolute Gasteiger partial charge is 0.387 e. The Balaban J connectivity index is 1.65. The molecular weight excluding hydrogens is 422 g/mol. The van der Waals surface area contributed by atoms with Crippen molar-refractivity contribution in [1.29, 1.82) is 0 Å². The van der Waals surface area contributed by atoms with E-state index >= 15 is 0 Å². The summed E-state index contributed by atoms with van der Waals surface area (Å²) in [5.74, 6) is -1.18. The predicted octanol–water partition coefficient (Wildman–Crippen LogP) is 2.51. The van der Waals surface area contributed by atoms with E-state index in [2.05, 4.69) is 10.6 Å². The zero-order chi connectivity index (χ0) is 21.7. The molecule has 0 aliphatic carbocycles. The van der Waals surface area contributed by atoms with Crippen molar-refractivity contribution < 1.29 is 19.5 Å². The van der Waals surface area contributed by atoms with Crippen LogP contribution >= 0.6 is 23.1 Å². The number of hydrogen-bond donors (Lipinski definition) is 3. The maximum Gasteiger partial charge on any atom is 0.313 e. The van der Waals surface area contributed by atoms with Gasteiger partial charge in [0.05, 0.1) is 10.5 Å². The predicted molar refractivity (Wildman–Crippen MR) is 121 cm³/mol. The standard InChI is InChI=1S/C21H25N3O4S2/c1-21(28,13-29-2)12-22-18(25)19(26)23-15-7-8-16-14(11-15)5-3-9-24(16)20(27)17-6-4-10-30-17/h4,6-8,10-11,28H,3,5,9,12-13H2,1-2H3,(H,22,25)(H,23,26). The summed E-state index contributed by atoms with van der Waals surface area (Å²) in [5, 5.41) is 17.0. The number of carbonyl (C=O) groups excluding carboxylic acids is 3. The van der Waals surface area contributed by atoms with E-state index in [4.69, 9.17) is 0 Å². The summed E-state index contributed by atoms with van der Waals surface area (Å²) in [6, 6.07) is 8.96. The maximum atomic E-state index is 12.8. The number of hydrogen-bond acceptors (Lipinski definition) is 6. The van der Waals surface area contributed by atoms with Gasteiger partial charge in [-0.3, -0.25) is 14.4 Å². The molecule has 9 heteroatoms. The first-order chi connectivity index (χ1) is 14.3. The van der Waals surface area contributed by atoms with E-state index in [1.807, 2.05) is 23.8 Å². The summed E-state index contributed by atoms with van der Waals surface area (Å²) in [6.45, 7) is 2.24. The molecule has 0 saturated carbocycles. The second-order valence-corrected chi connectivity index (χ2v) is 9.26. The molecule has 1 unspecified atom stereocenters. The number of benzene rings is 1. The average Bonchev–Trinajstić information content (AvgIpc) is 3.25. The summed E-state index contributed by atoms with van der Waals surface area (Å²) in [6.07, 6.45) is 3.47. The van der Waals surface area contributed by atoms with Gasteiger partial charge in [0, 0.05) is 30.2 Å². The normalized spacial score (nSPS) is 15.1. The highest BCUT2D eigenvalue weighted by Gasteiger charge is 2.26. The SMILES string of the molecule is CSCC(C)(O)CNC(=O)C(=O)Nc1ccc2c(c1)CCCN2C(=O)c1cccs1. The van der Waals surface area contributed by atoms with Gasteiger partial charge in [-0.1, -0.05) is 6.07 Å². The molecule has 3 amide bonds. The number of aryl methyl sites for hydroxylation is 1. The molecule has 160 valence electrons. The first-order valence-electron chi connectivity index (χ1n) is 9.59. The molecule has 1 aromatic heterocycles. The van der Waals surface area contributed by atoms with Crippen LogP contribution in [0, 0.1) is 0 Å². The monoisotopic (exact) mass is 447 g/mol. The molecule has 1 aliphatic rings. The molecule has 1 atom stereocenters. The lowest BCUT2D eigenvalue weighted by Crippen LogP contribution is -2.45.